The van der Waals surface area contributed by atoms with E-state index in [1.807, 2.05) is 35.7 Å². The fourth-order valence-corrected chi connectivity index (χ4v) is 5.85. The van der Waals surface area contributed by atoms with Gasteiger partial charge in [0.2, 0.25) is 0 Å². The summed E-state index contributed by atoms with van der Waals surface area (Å²) in [5.41, 5.74) is 1.58. The first kappa shape index (κ1) is 23.8. The van der Waals surface area contributed by atoms with Gasteiger partial charge in [0.25, 0.3) is 5.91 Å². The smallest absolute Gasteiger partial charge is 0.337 e. The number of methoxy groups -OCH3 is 3. The molecule has 1 N–H and O–H groups in total. The molecule has 2 aromatic rings. The fraction of sp³-hybridized carbons (Fsp3) is 0.318. The second-order valence-corrected chi connectivity index (χ2v) is 9.33. The number of benzene rings is 2. The Labute approximate surface area is 194 Å². The highest BCUT2D eigenvalue weighted by molar-refractivity contribution is 8.19. The van der Waals surface area contributed by atoms with Crippen LogP contribution in [0, 0.1) is 0 Å². The van der Waals surface area contributed by atoms with Gasteiger partial charge in [-0.1, -0.05) is 6.07 Å². The van der Waals surface area contributed by atoms with Crippen LogP contribution in [0.4, 0.5) is 5.69 Å². The molecule has 8 nitrogen and oxygen atoms in total. The van der Waals surface area contributed by atoms with E-state index in [1.165, 1.54) is 32.4 Å². The summed E-state index contributed by atoms with van der Waals surface area (Å²) in [7, 11) is 4.00. The van der Waals surface area contributed by atoms with Crippen LogP contribution in [-0.2, 0) is 14.3 Å². The van der Waals surface area contributed by atoms with E-state index in [1.54, 1.807) is 13.2 Å². The number of carbonyl (C=O) groups is 3. The van der Waals surface area contributed by atoms with Gasteiger partial charge in [-0.2, -0.15) is 0 Å². The Morgan fingerprint density at radius 3 is 2.09 bits per heavy atom. The number of rotatable bonds is 8. The van der Waals surface area contributed by atoms with E-state index >= 15 is 0 Å². The summed E-state index contributed by atoms with van der Waals surface area (Å²) in [5.74, 6) is 1.45. The van der Waals surface area contributed by atoms with Crippen LogP contribution in [0.2, 0.25) is 0 Å². The van der Waals surface area contributed by atoms with E-state index < -0.39 is 17.8 Å². The van der Waals surface area contributed by atoms with Crippen LogP contribution in [-0.4, -0.2) is 57.3 Å². The molecule has 0 bridgehead atoms. The number of carbonyl (C=O) groups excluding carboxylic acids is 3. The van der Waals surface area contributed by atoms with Crippen molar-refractivity contribution in [3.63, 3.8) is 0 Å². The number of hydrogen-bond donors (Lipinski definition) is 1. The van der Waals surface area contributed by atoms with E-state index in [9.17, 15) is 14.4 Å². The minimum Gasteiger partial charge on any atom is -0.493 e. The molecule has 1 saturated heterocycles. The molecule has 0 atom stereocenters. The molecular formula is C22H23NO7S2. The molecule has 32 heavy (non-hydrogen) atoms. The quantitative estimate of drug-likeness (QED) is 0.570. The molecule has 1 fully saturated rings. The Bertz CT molecular complexity index is 972. The molecule has 1 heterocycles. The predicted molar refractivity (Wildman–Crippen MR) is 124 cm³/mol. The highest BCUT2D eigenvalue weighted by Gasteiger charge is 2.20. The highest BCUT2D eigenvalue weighted by atomic mass is 32.2. The minimum absolute atomic E-state index is 0.103. The largest absolute Gasteiger partial charge is 0.493 e. The number of ether oxygens (including phenoxy) is 4. The second kappa shape index (κ2) is 11.1. The van der Waals surface area contributed by atoms with Gasteiger partial charge in [-0.05, 0) is 35.9 Å². The van der Waals surface area contributed by atoms with E-state index in [2.05, 4.69) is 5.32 Å². The van der Waals surface area contributed by atoms with Crippen LogP contribution < -0.4 is 14.8 Å². The van der Waals surface area contributed by atoms with Crippen LogP contribution in [0.3, 0.4) is 0 Å². The first-order chi connectivity index (χ1) is 15.4. The summed E-state index contributed by atoms with van der Waals surface area (Å²) >= 11 is 3.77. The summed E-state index contributed by atoms with van der Waals surface area (Å²) in [6.07, 6.45) is 0. The van der Waals surface area contributed by atoms with E-state index in [0.29, 0.717) is 16.1 Å². The van der Waals surface area contributed by atoms with Crippen molar-refractivity contribution in [1.82, 2.24) is 0 Å². The summed E-state index contributed by atoms with van der Waals surface area (Å²) in [6, 6.07) is 9.82. The van der Waals surface area contributed by atoms with Crippen LogP contribution in [0.15, 0.2) is 36.4 Å². The lowest BCUT2D eigenvalue weighted by atomic mass is 10.1. The monoisotopic (exact) mass is 477 g/mol. The maximum atomic E-state index is 12.4. The molecule has 0 aromatic heterocycles. The van der Waals surface area contributed by atoms with Gasteiger partial charge in [-0.3, -0.25) is 4.79 Å². The molecule has 0 saturated carbocycles. The van der Waals surface area contributed by atoms with Gasteiger partial charge in [0, 0.05) is 17.2 Å². The normalized spacial score (nSPS) is 13.3. The van der Waals surface area contributed by atoms with E-state index in [0.717, 1.165) is 17.1 Å². The lowest BCUT2D eigenvalue weighted by Gasteiger charge is -2.15. The molecule has 10 heteroatoms. The Morgan fingerprint density at radius 1 is 0.906 bits per heavy atom. The van der Waals surface area contributed by atoms with Crippen molar-refractivity contribution in [3.8, 4) is 11.5 Å². The maximum absolute atomic E-state index is 12.4. The molecule has 0 unspecified atom stereocenters. The van der Waals surface area contributed by atoms with Crippen LogP contribution in [0.25, 0.3) is 0 Å². The highest BCUT2D eigenvalue weighted by Crippen LogP contribution is 2.46. The number of esters is 2. The lowest BCUT2D eigenvalue weighted by Crippen LogP contribution is -2.21. The average Bonchev–Trinajstić information content (AvgIpc) is 3.36. The zero-order valence-corrected chi connectivity index (χ0v) is 19.5. The van der Waals surface area contributed by atoms with Crippen molar-refractivity contribution in [3.05, 3.63) is 53.1 Å². The average molecular weight is 478 g/mol. The van der Waals surface area contributed by atoms with Gasteiger partial charge in [-0.25, -0.2) is 9.59 Å². The van der Waals surface area contributed by atoms with Crippen molar-refractivity contribution >= 4 is 47.1 Å². The number of anilines is 1. The molecule has 2 aromatic carbocycles. The summed E-state index contributed by atoms with van der Waals surface area (Å²) in [4.78, 5) is 36.2. The number of hydrogen-bond acceptors (Lipinski definition) is 9. The topological polar surface area (TPSA) is 100 Å². The molecule has 0 aliphatic carbocycles. The lowest BCUT2D eigenvalue weighted by molar-refractivity contribution is -0.118. The SMILES string of the molecule is COC(=O)c1cc(NC(=O)COc2ccc(C3SCCS3)cc2OC)cc(C(=O)OC)c1. The van der Waals surface area contributed by atoms with Crippen LogP contribution >= 0.6 is 23.5 Å². The van der Waals surface area contributed by atoms with Crippen molar-refractivity contribution < 1.29 is 33.3 Å². The molecule has 1 aliphatic rings. The maximum Gasteiger partial charge on any atom is 0.337 e. The van der Waals surface area contributed by atoms with Crippen molar-refractivity contribution in [1.29, 1.82) is 0 Å². The minimum atomic E-state index is -0.647. The van der Waals surface area contributed by atoms with Gasteiger partial charge < -0.3 is 24.3 Å². The van der Waals surface area contributed by atoms with Crippen LogP contribution in [0.1, 0.15) is 30.9 Å². The number of thioether (sulfide) groups is 2. The third-order valence-electron chi connectivity index (χ3n) is 4.50. The predicted octanol–water partition coefficient (Wildman–Crippen LogP) is 3.76. The third kappa shape index (κ3) is 5.89. The van der Waals surface area contributed by atoms with Gasteiger partial charge in [-0.15, -0.1) is 23.5 Å². The van der Waals surface area contributed by atoms with Gasteiger partial charge >= 0.3 is 11.9 Å². The zero-order chi connectivity index (χ0) is 23.1. The fourth-order valence-electron chi connectivity index (χ4n) is 3.01. The van der Waals surface area contributed by atoms with Gasteiger partial charge in [0.05, 0.1) is 37.0 Å². The summed E-state index contributed by atoms with van der Waals surface area (Å²) < 4.78 is 20.8. The van der Waals surface area contributed by atoms with Gasteiger partial charge in [0.15, 0.2) is 18.1 Å². The Morgan fingerprint density at radius 2 is 1.53 bits per heavy atom. The molecule has 0 spiro atoms. The third-order valence-corrected chi connectivity index (χ3v) is 7.60. The van der Waals surface area contributed by atoms with E-state index in [4.69, 9.17) is 18.9 Å². The van der Waals surface area contributed by atoms with E-state index in [-0.39, 0.29) is 23.4 Å². The molecule has 3 rings (SSSR count). The summed E-state index contributed by atoms with van der Waals surface area (Å²) in [6.45, 7) is -0.293. The summed E-state index contributed by atoms with van der Waals surface area (Å²) in [5, 5.41) is 2.62. The Balaban J connectivity index is 1.69. The molecule has 1 aliphatic heterocycles. The Kier molecular flexibility index (Phi) is 8.29. The standard InChI is InChI=1S/C22H23NO7S2/c1-27-18-11-13(22-31-6-7-32-22)4-5-17(18)30-12-19(24)23-16-9-14(20(25)28-2)8-15(10-16)21(26)29-3/h4-5,8-11,22H,6-7,12H2,1-3H3,(H,23,24). The first-order valence-electron chi connectivity index (χ1n) is 9.60. The molecule has 170 valence electrons. The zero-order valence-electron chi connectivity index (χ0n) is 17.8. The molecular weight excluding hydrogens is 454 g/mol. The first-order valence-corrected chi connectivity index (χ1v) is 11.7. The number of nitrogens with one attached hydrogen (secondary N) is 1. The van der Waals surface area contributed by atoms with Gasteiger partial charge in [0.1, 0.15) is 0 Å². The van der Waals surface area contributed by atoms with Crippen LogP contribution in [0.5, 0.6) is 11.5 Å². The Hall–Kier alpha value is -2.85. The molecule has 0 radical (unpaired) electrons. The van der Waals surface area contributed by atoms with Crippen molar-refractivity contribution in [2.24, 2.45) is 0 Å². The second-order valence-electron chi connectivity index (χ2n) is 6.60. The molecule has 1 amide bonds. The van der Waals surface area contributed by atoms with Crippen molar-refractivity contribution in [2.45, 2.75) is 4.58 Å². The van der Waals surface area contributed by atoms with Crippen molar-refractivity contribution in [2.75, 3.05) is 44.8 Å². The number of amides is 1.